The number of hydrogen-bond donors (Lipinski definition) is 2. The van der Waals surface area contributed by atoms with Gasteiger partial charge in [0.1, 0.15) is 4.90 Å². The van der Waals surface area contributed by atoms with Gasteiger partial charge in [-0.05, 0) is 18.6 Å². The van der Waals surface area contributed by atoms with Crippen LogP contribution in [0.1, 0.15) is 5.56 Å². The Morgan fingerprint density at radius 3 is 2.59 bits per heavy atom. The number of nitrogens with zero attached hydrogens (tertiary/aromatic N) is 3. The molecule has 0 aliphatic carbocycles. The SMILES string of the molecule is Cc1cnn(-c2ncc(N)cc2S(N)(=O)=O)c1. The van der Waals surface area contributed by atoms with E-state index in [0.717, 1.165) is 5.56 Å². The third-order valence-electron chi connectivity index (χ3n) is 2.09. The zero-order chi connectivity index (χ0) is 12.6. The van der Waals surface area contributed by atoms with Gasteiger partial charge >= 0.3 is 0 Å². The van der Waals surface area contributed by atoms with E-state index >= 15 is 0 Å². The summed E-state index contributed by atoms with van der Waals surface area (Å²) in [4.78, 5) is 3.79. The number of aromatic nitrogens is 3. The summed E-state index contributed by atoms with van der Waals surface area (Å²) in [5.41, 5.74) is 6.60. The van der Waals surface area contributed by atoms with Crippen molar-refractivity contribution in [2.45, 2.75) is 11.8 Å². The van der Waals surface area contributed by atoms with Crippen LogP contribution in [0, 0.1) is 6.92 Å². The van der Waals surface area contributed by atoms with Gasteiger partial charge in [-0.25, -0.2) is 23.2 Å². The smallest absolute Gasteiger partial charge is 0.241 e. The largest absolute Gasteiger partial charge is 0.397 e. The Morgan fingerprint density at radius 2 is 2.06 bits per heavy atom. The van der Waals surface area contributed by atoms with Crippen LogP contribution in [0.25, 0.3) is 5.82 Å². The maximum Gasteiger partial charge on any atom is 0.241 e. The average Bonchev–Trinajstić information content (AvgIpc) is 2.63. The molecule has 0 spiro atoms. The molecule has 0 radical (unpaired) electrons. The second kappa shape index (κ2) is 3.82. The molecule has 2 aromatic heterocycles. The number of anilines is 1. The molecule has 90 valence electrons. The van der Waals surface area contributed by atoms with Crippen LogP contribution >= 0.6 is 0 Å². The minimum atomic E-state index is -3.90. The Labute approximate surface area is 98.1 Å². The summed E-state index contributed by atoms with van der Waals surface area (Å²) in [5.74, 6) is 0.134. The first kappa shape index (κ1) is 11.6. The van der Waals surface area contributed by atoms with Crippen LogP contribution in [0.2, 0.25) is 0 Å². The molecule has 2 aromatic rings. The lowest BCUT2D eigenvalue weighted by Crippen LogP contribution is -2.17. The lowest BCUT2D eigenvalue weighted by molar-refractivity contribution is 0.596. The highest BCUT2D eigenvalue weighted by atomic mass is 32.2. The van der Waals surface area contributed by atoms with Crippen molar-refractivity contribution in [2.75, 3.05) is 5.73 Å². The topological polar surface area (TPSA) is 117 Å². The summed E-state index contributed by atoms with van der Waals surface area (Å²) in [7, 11) is -3.90. The van der Waals surface area contributed by atoms with Crippen LogP contribution in [0.15, 0.2) is 29.6 Å². The fourth-order valence-electron chi connectivity index (χ4n) is 1.36. The van der Waals surface area contributed by atoms with Crippen LogP contribution < -0.4 is 10.9 Å². The second-order valence-electron chi connectivity index (χ2n) is 3.60. The van der Waals surface area contributed by atoms with E-state index < -0.39 is 10.0 Å². The zero-order valence-corrected chi connectivity index (χ0v) is 9.85. The van der Waals surface area contributed by atoms with E-state index in [1.54, 1.807) is 12.4 Å². The number of nitrogens with two attached hydrogens (primary N) is 2. The van der Waals surface area contributed by atoms with Crippen molar-refractivity contribution in [3.05, 3.63) is 30.2 Å². The Morgan fingerprint density at radius 1 is 1.35 bits per heavy atom. The molecule has 0 atom stereocenters. The highest BCUT2D eigenvalue weighted by Crippen LogP contribution is 2.18. The molecule has 0 fully saturated rings. The molecule has 0 bridgehead atoms. The molecule has 8 heteroatoms. The summed E-state index contributed by atoms with van der Waals surface area (Å²) in [5, 5.41) is 9.09. The van der Waals surface area contributed by atoms with Gasteiger partial charge < -0.3 is 5.73 Å². The minimum absolute atomic E-state index is 0.134. The summed E-state index contributed by atoms with van der Waals surface area (Å²) >= 11 is 0. The third-order valence-corrected chi connectivity index (χ3v) is 3.00. The average molecular weight is 253 g/mol. The first-order valence-electron chi connectivity index (χ1n) is 4.68. The quantitative estimate of drug-likeness (QED) is 0.769. The highest BCUT2D eigenvalue weighted by molar-refractivity contribution is 7.89. The number of pyridine rings is 1. The first-order valence-corrected chi connectivity index (χ1v) is 6.22. The molecule has 0 aromatic carbocycles. The molecular formula is C9H11N5O2S. The lowest BCUT2D eigenvalue weighted by atomic mass is 10.4. The molecule has 4 N–H and O–H groups in total. The second-order valence-corrected chi connectivity index (χ2v) is 5.13. The molecule has 0 saturated carbocycles. The van der Waals surface area contributed by atoms with Crippen LogP contribution in [-0.4, -0.2) is 23.2 Å². The van der Waals surface area contributed by atoms with Gasteiger partial charge in [-0.3, -0.25) is 0 Å². The monoisotopic (exact) mass is 253 g/mol. The normalized spacial score (nSPS) is 11.6. The van der Waals surface area contributed by atoms with Crippen molar-refractivity contribution in [2.24, 2.45) is 5.14 Å². The maximum absolute atomic E-state index is 11.4. The van der Waals surface area contributed by atoms with Crippen LogP contribution in [0.3, 0.4) is 0 Å². The van der Waals surface area contributed by atoms with Crippen molar-refractivity contribution in [1.82, 2.24) is 14.8 Å². The van der Waals surface area contributed by atoms with E-state index in [-0.39, 0.29) is 16.4 Å². The molecule has 0 saturated heterocycles. The van der Waals surface area contributed by atoms with E-state index in [0.29, 0.717) is 0 Å². The first-order chi connectivity index (χ1) is 7.88. The molecule has 0 aliphatic rings. The van der Waals surface area contributed by atoms with Crippen LogP contribution in [0.5, 0.6) is 0 Å². The van der Waals surface area contributed by atoms with Crippen molar-refractivity contribution >= 4 is 15.7 Å². The van der Waals surface area contributed by atoms with E-state index in [4.69, 9.17) is 10.9 Å². The fraction of sp³-hybridized carbons (Fsp3) is 0.111. The van der Waals surface area contributed by atoms with E-state index in [1.165, 1.54) is 16.9 Å². The molecule has 2 rings (SSSR count). The predicted molar refractivity (Wildman–Crippen MR) is 61.9 cm³/mol. The number of sulfonamides is 1. The molecule has 7 nitrogen and oxygen atoms in total. The van der Waals surface area contributed by atoms with Gasteiger partial charge in [-0.1, -0.05) is 0 Å². The number of aryl methyl sites for hydroxylation is 1. The minimum Gasteiger partial charge on any atom is -0.397 e. The molecule has 0 amide bonds. The van der Waals surface area contributed by atoms with Crippen molar-refractivity contribution in [3.63, 3.8) is 0 Å². The van der Waals surface area contributed by atoms with Gasteiger partial charge in [0.05, 0.1) is 18.1 Å². The summed E-state index contributed by atoms with van der Waals surface area (Å²) in [6.07, 6.45) is 4.58. The molecular weight excluding hydrogens is 242 g/mol. The fourth-order valence-corrected chi connectivity index (χ4v) is 2.06. The van der Waals surface area contributed by atoms with Crippen LogP contribution in [-0.2, 0) is 10.0 Å². The highest BCUT2D eigenvalue weighted by Gasteiger charge is 2.17. The Kier molecular flexibility index (Phi) is 2.60. The number of nitrogen functional groups attached to an aromatic ring is 1. The molecule has 17 heavy (non-hydrogen) atoms. The Balaban J connectivity index is 2.70. The zero-order valence-electron chi connectivity index (χ0n) is 9.03. The van der Waals surface area contributed by atoms with Gasteiger partial charge in [-0.15, -0.1) is 0 Å². The standard InChI is InChI=1S/C9H11N5O2S/c1-6-3-13-14(5-6)9-8(17(11,15)16)2-7(10)4-12-9/h2-5H,10H2,1H3,(H2,11,15,16). The Bertz CT molecular complexity index is 662. The van der Waals surface area contributed by atoms with Gasteiger partial charge in [0.2, 0.25) is 10.0 Å². The van der Waals surface area contributed by atoms with Gasteiger partial charge in [0.25, 0.3) is 0 Å². The van der Waals surface area contributed by atoms with Gasteiger partial charge in [0.15, 0.2) is 5.82 Å². The number of hydrogen-bond acceptors (Lipinski definition) is 5. The Hall–Kier alpha value is -1.93. The predicted octanol–water partition coefficient (Wildman–Crippen LogP) is -0.195. The number of rotatable bonds is 2. The summed E-state index contributed by atoms with van der Waals surface area (Å²) < 4.78 is 24.2. The van der Waals surface area contributed by atoms with Crippen molar-refractivity contribution in [1.29, 1.82) is 0 Å². The molecule has 2 heterocycles. The summed E-state index contributed by atoms with van der Waals surface area (Å²) in [6, 6.07) is 1.26. The van der Waals surface area contributed by atoms with Gasteiger partial charge in [0, 0.05) is 6.20 Å². The van der Waals surface area contributed by atoms with Gasteiger partial charge in [-0.2, -0.15) is 5.10 Å². The van der Waals surface area contributed by atoms with E-state index in [2.05, 4.69) is 10.1 Å². The third kappa shape index (κ3) is 2.27. The molecule has 0 aliphatic heterocycles. The molecule has 0 unspecified atom stereocenters. The number of primary sulfonamides is 1. The maximum atomic E-state index is 11.4. The van der Waals surface area contributed by atoms with Crippen LogP contribution in [0.4, 0.5) is 5.69 Å². The lowest BCUT2D eigenvalue weighted by Gasteiger charge is -2.07. The van der Waals surface area contributed by atoms with E-state index in [1.807, 2.05) is 6.92 Å². The summed E-state index contributed by atoms with van der Waals surface area (Å²) in [6.45, 7) is 1.83. The van der Waals surface area contributed by atoms with Crippen molar-refractivity contribution in [3.8, 4) is 5.82 Å². The van der Waals surface area contributed by atoms with E-state index in [9.17, 15) is 8.42 Å². The van der Waals surface area contributed by atoms with Crippen molar-refractivity contribution < 1.29 is 8.42 Å².